The summed E-state index contributed by atoms with van der Waals surface area (Å²) in [4.78, 5) is 23.7. The molecule has 1 aliphatic rings. The van der Waals surface area contributed by atoms with Crippen molar-refractivity contribution in [2.24, 2.45) is 0 Å². The molecule has 0 bridgehead atoms. The number of hydrogen-bond donors (Lipinski definition) is 1. The third-order valence-electron chi connectivity index (χ3n) is 4.53. The standard InChI is InChI=1S/C18H20N2O2/c21-16(13-20-12-5-4-9-17(20)22)19-14-18(10-6-11-18)15-7-2-1-3-8-15/h1-5,7-9,12H,6,10-11,13-14H2,(H,19,21). The van der Waals surface area contributed by atoms with E-state index in [0.29, 0.717) is 6.54 Å². The first-order valence-corrected chi connectivity index (χ1v) is 7.67. The maximum atomic E-state index is 12.1. The Bertz CT molecular complexity index is 702. The van der Waals surface area contributed by atoms with Gasteiger partial charge in [0.2, 0.25) is 5.91 Å². The minimum atomic E-state index is -0.154. The zero-order chi connectivity index (χ0) is 15.4. The normalized spacial score (nSPS) is 15.8. The van der Waals surface area contributed by atoms with E-state index in [4.69, 9.17) is 0 Å². The average molecular weight is 296 g/mol. The van der Waals surface area contributed by atoms with Gasteiger partial charge in [-0.3, -0.25) is 9.59 Å². The largest absolute Gasteiger partial charge is 0.354 e. The van der Waals surface area contributed by atoms with E-state index in [2.05, 4.69) is 17.4 Å². The van der Waals surface area contributed by atoms with Crippen LogP contribution >= 0.6 is 0 Å². The summed E-state index contributed by atoms with van der Waals surface area (Å²) in [6.07, 6.45) is 5.03. The second kappa shape index (κ2) is 6.18. The fourth-order valence-corrected chi connectivity index (χ4v) is 3.03. The Morgan fingerprint density at radius 1 is 1.09 bits per heavy atom. The van der Waals surface area contributed by atoms with Crippen LogP contribution in [0.4, 0.5) is 0 Å². The van der Waals surface area contributed by atoms with Crippen molar-refractivity contribution >= 4 is 5.91 Å². The molecule has 114 valence electrons. The number of benzene rings is 1. The minimum absolute atomic E-state index is 0.0680. The maximum Gasteiger partial charge on any atom is 0.250 e. The van der Waals surface area contributed by atoms with Gasteiger partial charge in [0.1, 0.15) is 6.54 Å². The van der Waals surface area contributed by atoms with Crippen LogP contribution in [0.1, 0.15) is 24.8 Å². The fourth-order valence-electron chi connectivity index (χ4n) is 3.03. The quantitative estimate of drug-likeness (QED) is 0.918. The minimum Gasteiger partial charge on any atom is -0.354 e. The zero-order valence-corrected chi connectivity index (χ0v) is 12.5. The molecule has 0 aliphatic heterocycles. The number of carbonyl (C=O) groups is 1. The van der Waals surface area contributed by atoms with Crippen LogP contribution in [-0.4, -0.2) is 17.0 Å². The predicted octanol–water partition coefficient (Wildman–Crippen LogP) is 2.09. The second-order valence-corrected chi connectivity index (χ2v) is 5.94. The highest BCUT2D eigenvalue weighted by Crippen LogP contribution is 2.43. The number of nitrogens with zero attached hydrogens (tertiary/aromatic N) is 1. The summed E-state index contributed by atoms with van der Waals surface area (Å²) in [6, 6.07) is 15.3. The molecule has 1 aromatic carbocycles. The molecule has 2 aromatic rings. The third-order valence-corrected chi connectivity index (χ3v) is 4.53. The molecule has 1 saturated carbocycles. The summed E-state index contributed by atoms with van der Waals surface area (Å²) >= 11 is 0. The molecule has 4 nitrogen and oxygen atoms in total. The molecule has 1 amide bonds. The van der Waals surface area contributed by atoms with E-state index >= 15 is 0 Å². The molecule has 1 aliphatic carbocycles. The molecule has 0 saturated heterocycles. The molecule has 0 radical (unpaired) electrons. The van der Waals surface area contributed by atoms with E-state index in [1.807, 2.05) is 18.2 Å². The Hall–Kier alpha value is -2.36. The molecule has 0 unspecified atom stereocenters. The molecular weight excluding hydrogens is 276 g/mol. The van der Waals surface area contributed by atoms with E-state index in [-0.39, 0.29) is 23.4 Å². The monoisotopic (exact) mass is 296 g/mol. The van der Waals surface area contributed by atoms with Gasteiger partial charge in [0, 0.05) is 24.2 Å². The third kappa shape index (κ3) is 2.96. The van der Waals surface area contributed by atoms with Gasteiger partial charge in [0.15, 0.2) is 0 Å². The lowest BCUT2D eigenvalue weighted by Crippen LogP contribution is -2.46. The first-order valence-electron chi connectivity index (χ1n) is 7.67. The van der Waals surface area contributed by atoms with Crippen LogP contribution in [0.25, 0.3) is 0 Å². The summed E-state index contributed by atoms with van der Waals surface area (Å²) in [7, 11) is 0. The molecule has 0 spiro atoms. The molecule has 3 rings (SSSR count). The van der Waals surface area contributed by atoms with E-state index in [0.717, 1.165) is 12.8 Å². The number of rotatable bonds is 5. The Morgan fingerprint density at radius 3 is 2.45 bits per heavy atom. The zero-order valence-electron chi connectivity index (χ0n) is 12.5. The predicted molar refractivity (Wildman–Crippen MR) is 85.7 cm³/mol. The lowest BCUT2D eigenvalue weighted by Gasteiger charge is -2.42. The van der Waals surface area contributed by atoms with Crippen LogP contribution in [0, 0.1) is 0 Å². The van der Waals surface area contributed by atoms with Crippen molar-refractivity contribution in [1.82, 2.24) is 9.88 Å². The van der Waals surface area contributed by atoms with Crippen LogP contribution in [0.3, 0.4) is 0 Å². The summed E-state index contributed by atoms with van der Waals surface area (Å²) in [5.41, 5.74) is 1.20. The van der Waals surface area contributed by atoms with Gasteiger partial charge in [-0.25, -0.2) is 0 Å². The number of pyridine rings is 1. The van der Waals surface area contributed by atoms with Gasteiger partial charge in [-0.2, -0.15) is 0 Å². The van der Waals surface area contributed by atoms with Gasteiger partial charge in [0.25, 0.3) is 5.56 Å². The fraction of sp³-hybridized carbons (Fsp3) is 0.333. The molecule has 1 fully saturated rings. The number of aromatic nitrogens is 1. The summed E-state index contributed by atoms with van der Waals surface area (Å²) < 4.78 is 1.42. The number of amides is 1. The number of hydrogen-bond acceptors (Lipinski definition) is 2. The van der Waals surface area contributed by atoms with E-state index in [1.165, 1.54) is 22.6 Å². The lowest BCUT2D eigenvalue weighted by molar-refractivity contribution is -0.122. The Morgan fingerprint density at radius 2 is 1.82 bits per heavy atom. The first-order chi connectivity index (χ1) is 10.7. The van der Waals surface area contributed by atoms with Crippen molar-refractivity contribution in [2.75, 3.05) is 6.54 Å². The molecule has 4 heteroatoms. The lowest BCUT2D eigenvalue weighted by atomic mass is 9.64. The molecule has 1 N–H and O–H groups in total. The van der Waals surface area contributed by atoms with Gasteiger partial charge >= 0.3 is 0 Å². The number of carbonyl (C=O) groups excluding carboxylic acids is 1. The van der Waals surface area contributed by atoms with E-state index in [1.54, 1.807) is 18.3 Å². The van der Waals surface area contributed by atoms with Crippen molar-refractivity contribution in [3.63, 3.8) is 0 Å². The second-order valence-electron chi connectivity index (χ2n) is 5.94. The van der Waals surface area contributed by atoms with Crippen molar-refractivity contribution < 1.29 is 4.79 Å². The van der Waals surface area contributed by atoms with Crippen LogP contribution in [0.2, 0.25) is 0 Å². The Balaban J connectivity index is 1.63. The Kier molecular flexibility index (Phi) is 4.09. The summed E-state index contributed by atoms with van der Waals surface area (Å²) in [6.45, 7) is 0.710. The van der Waals surface area contributed by atoms with Crippen LogP contribution < -0.4 is 10.9 Å². The molecule has 0 atom stereocenters. The SMILES string of the molecule is O=C(Cn1ccccc1=O)NCC1(c2ccccc2)CCC1. The topological polar surface area (TPSA) is 51.1 Å². The molecule has 1 aromatic heterocycles. The van der Waals surface area contributed by atoms with Crippen molar-refractivity contribution in [1.29, 1.82) is 0 Å². The van der Waals surface area contributed by atoms with Gasteiger partial charge in [0.05, 0.1) is 0 Å². The van der Waals surface area contributed by atoms with E-state index < -0.39 is 0 Å². The molecule has 22 heavy (non-hydrogen) atoms. The smallest absolute Gasteiger partial charge is 0.250 e. The highest BCUT2D eigenvalue weighted by molar-refractivity contribution is 5.75. The summed E-state index contributed by atoms with van der Waals surface area (Å²) in [5, 5.41) is 3.00. The van der Waals surface area contributed by atoms with Gasteiger partial charge in [-0.1, -0.05) is 42.8 Å². The highest BCUT2D eigenvalue weighted by Gasteiger charge is 2.38. The van der Waals surface area contributed by atoms with Crippen LogP contribution in [0.15, 0.2) is 59.5 Å². The van der Waals surface area contributed by atoms with E-state index in [9.17, 15) is 9.59 Å². The first kappa shape index (κ1) is 14.6. The molecular formula is C18H20N2O2. The average Bonchev–Trinajstić information content (AvgIpc) is 2.50. The molecule has 1 heterocycles. The van der Waals surface area contributed by atoms with Gasteiger partial charge in [-0.15, -0.1) is 0 Å². The van der Waals surface area contributed by atoms with Crippen LogP contribution in [-0.2, 0) is 16.8 Å². The highest BCUT2D eigenvalue weighted by atomic mass is 16.2. The summed E-state index contributed by atoms with van der Waals surface area (Å²) in [5.74, 6) is -0.115. The van der Waals surface area contributed by atoms with Crippen molar-refractivity contribution in [3.8, 4) is 0 Å². The van der Waals surface area contributed by atoms with Crippen molar-refractivity contribution in [2.45, 2.75) is 31.2 Å². The Labute approximate surface area is 129 Å². The van der Waals surface area contributed by atoms with Gasteiger partial charge < -0.3 is 9.88 Å². The van der Waals surface area contributed by atoms with Crippen LogP contribution in [0.5, 0.6) is 0 Å². The maximum absolute atomic E-state index is 12.1. The van der Waals surface area contributed by atoms with Crippen molar-refractivity contribution in [3.05, 3.63) is 70.6 Å². The number of nitrogens with one attached hydrogen (secondary N) is 1. The van der Waals surface area contributed by atoms with Gasteiger partial charge in [-0.05, 0) is 24.5 Å².